The molecule has 0 bridgehead atoms. The van der Waals surface area contributed by atoms with Crippen molar-refractivity contribution in [2.75, 3.05) is 13.2 Å². The fourth-order valence-corrected chi connectivity index (χ4v) is 3.66. The van der Waals surface area contributed by atoms with E-state index >= 15 is 0 Å². The molecule has 1 amide bonds. The third-order valence-electron chi connectivity index (χ3n) is 3.77. The Balaban J connectivity index is 2.32. The number of hydrogen-bond donors (Lipinski definition) is 1. The number of β-lactam (4-membered cyclic amide) rings is 1. The predicted octanol–water partition coefficient (Wildman–Crippen LogP) is 2.22. The zero-order valence-electron chi connectivity index (χ0n) is 13.3. The average molecular weight is 349 g/mol. The molecule has 1 heterocycles. The zero-order valence-corrected chi connectivity index (χ0v) is 14.1. The van der Waals surface area contributed by atoms with Crippen LogP contribution in [0.5, 0.6) is 0 Å². The van der Waals surface area contributed by atoms with Gasteiger partial charge in [0.1, 0.15) is 11.9 Å². The van der Waals surface area contributed by atoms with E-state index in [0.29, 0.717) is 18.5 Å². The highest BCUT2D eigenvalue weighted by Crippen LogP contribution is 2.44. The molecule has 6 nitrogen and oxygen atoms in total. The van der Waals surface area contributed by atoms with Gasteiger partial charge in [0.25, 0.3) is 0 Å². The van der Waals surface area contributed by atoms with Crippen LogP contribution in [0.3, 0.4) is 0 Å². The number of carbonyl (C=O) groups is 3. The molecule has 2 unspecified atom stereocenters. The number of carboxylic acid groups (broad SMARTS) is 1. The summed E-state index contributed by atoms with van der Waals surface area (Å²) in [7, 11) is 0. The number of nitrogens with zero attached hydrogens (tertiary/aromatic N) is 1. The smallest absolute Gasteiger partial charge is 0.340 e. The van der Waals surface area contributed by atoms with E-state index in [0.717, 1.165) is 11.8 Å². The lowest BCUT2D eigenvalue weighted by Gasteiger charge is -2.43. The summed E-state index contributed by atoms with van der Waals surface area (Å²) in [5.74, 6) is -1.97. The van der Waals surface area contributed by atoms with Gasteiger partial charge in [-0.3, -0.25) is 9.59 Å². The van der Waals surface area contributed by atoms with Gasteiger partial charge in [-0.2, -0.15) is 0 Å². The Morgan fingerprint density at radius 3 is 2.58 bits per heavy atom. The minimum absolute atomic E-state index is 0.0369. The summed E-state index contributed by atoms with van der Waals surface area (Å²) in [6, 6.07) is 8.78. The van der Waals surface area contributed by atoms with Gasteiger partial charge in [0.2, 0.25) is 5.91 Å². The molecule has 1 aromatic rings. The molecule has 1 aliphatic heterocycles. The molecule has 1 N–H and O–H groups in total. The average Bonchev–Trinajstić information content (AvgIpc) is 2.56. The highest BCUT2D eigenvalue weighted by atomic mass is 32.2. The van der Waals surface area contributed by atoms with Gasteiger partial charge in [0.05, 0.1) is 0 Å². The third kappa shape index (κ3) is 3.62. The number of esters is 1. The van der Waals surface area contributed by atoms with E-state index in [4.69, 9.17) is 4.74 Å². The summed E-state index contributed by atoms with van der Waals surface area (Å²) in [4.78, 5) is 35.7. The van der Waals surface area contributed by atoms with Crippen LogP contribution in [-0.2, 0) is 19.1 Å². The van der Waals surface area contributed by atoms with Crippen molar-refractivity contribution >= 4 is 29.6 Å². The maximum atomic E-state index is 12.4. The van der Waals surface area contributed by atoms with Gasteiger partial charge in [-0.15, -0.1) is 11.8 Å². The second-order valence-electron chi connectivity index (χ2n) is 5.41. The lowest BCUT2D eigenvalue weighted by Crippen LogP contribution is -2.59. The summed E-state index contributed by atoms with van der Waals surface area (Å²) in [6.07, 6.45) is 1.76. The van der Waals surface area contributed by atoms with Crippen LogP contribution < -0.4 is 0 Å². The molecule has 0 aliphatic carbocycles. The van der Waals surface area contributed by atoms with Crippen molar-refractivity contribution in [1.29, 1.82) is 0 Å². The van der Waals surface area contributed by atoms with Gasteiger partial charge in [-0.25, -0.2) is 4.79 Å². The van der Waals surface area contributed by atoms with Crippen LogP contribution in [0.4, 0.5) is 0 Å². The van der Waals surface area contributed by atoms with E-state index in [9.17, 15) is 19.5 Å². The van der Waals surface area contributed by atoms with Crippen LogP contribution in [0.2, 0.25) is 0 Å². The normalized spacial score (nSPS) is 17.4. The molecule has 1 saturated heterocycles. The topological polar surface area (TPSA) is 83.9 Å². The zero-order chi connectivity index (χ0) is 17.7. The molecule has 0 saturated carbocycles. The lowest BCUT2D eigenvalue weighted by molar-refractivity contribution is -0.157. The number of benzene rings is 1. The fraction of sp³-hybridized carbons (Fsp3) is 0.353. The summed E-state index contributed by atoms with van der Waals surface area (Å²) in [6.45, 7) is 5.33. The number of likely N-dealkylation sites (tertiary alicyclic amines) is 1. The summed E-state index contributed by atoms with van der Waals surface area (Å²) in [5, 5.41) is 8.80. The van der Waals surface area contributed by atoms with Gasteiger partial charge in [0.15, 0.2) is 4.87 Å². The molecule has 24 heavy (non-hydrogen) atoms. The fourth-order valence-electron chi connectivity index (χ4n) is 2.32. The van der Waals surface area contributed by atoms with E-state index < -0.39 is 22.1 Å². The van der Waals surface area contributed by atoms with E-state index in [1.165, 1.54) is 17.9 Å². The number of hydrogen-bond acceptors (Lipinski definition) is 5. The monoisotopic (exact) mass is 349 g/mol. The number of aliphatic carboxylic acids is 1. The first-order chi connectivity index (χ1) is 11.4. The number of amides is 1. The minimum Gasteiger partial charge on any atom is -0.479 e. The van der Waals surface area contributed by atoms with Crippen molar-refractivity contribution < 1.29 is 24.2 Å². The minimum atomic E-state index is -1.54. The Bertz CT molecular complexity index is 648. The molecule has 7 heteroatoms. The molecule has 128 valence electrons. The molecular formula is C17H19NO5S. The largest absolute Gasteiger partial charge is 0.479 e. The molecule has 0 aromatic heterocycles. The van der Waals surface area contributed by atoms with Crippen molar-refractivity contribution in [1.82, 2.24) is 4.90 Å². The van der Waals surface area contributed by atoms with E-state index in [2.05, 4.69) is 6.58 Å². The van der Waals surface area contributed by atoms with Crippen LogP contribution in [0.1, 0.15) is 24.2 Å². The van der Waals surface area contributed by atoms with E-state index in [1.807, 2.05) is 0 Å². The number of rotatable bonds is 8. The lowest BCUT2D eigenvalue weighted by atomic mass is 10.1. The summed E-state index contributed by atoms with van der Waals surface area (Å²) < 4.78 is 5.12. The second-order valence-corrected chi connectivity index (χ2v) is 6.91. The van der Waals surface area contributed by atoms with Crippen molar-refractivity contribution in [2.45, 2.75) is 23.5 Å². The first-order valence-electron chi connectivity index (χ1n) is 7.44. The van der Waals surface area contributed by atoms with Crippen LogP contribution in [-0.4, -0.2) is 45.9 Å². The highest BCUT2D eigenvalue weighted by molar-refractivity contribution is 8.02. The number of thioether (sulfide) groups is 1. The first-order valence-corrected chi connectivity index (χ1v) is 8.32. The molecule has 1 aliphatic rings. The molecule has 1 fully saturated rings. The van der Waals surface area contributed by atoms with Crippen LogP contribution in [0.15, 0.2) is 43.0 Å². The van der Waals surface area contributed by atoms with E-state index in [-0.39, 0.29) is 12.5 Å². The van der Waals surface area contributed by atoms with Gasteiger partial charge in [-0.05, 0) is 12.5 Å². The van der Waals surface area contributed by atoms with Crippen LogP contribution in [0, 0.1) is 0 Å². The molecule has 0 radical (unpaired) electrons. The van der Waals surface area contributed by atoms with Crippen molar-refractivity contribution in [3.05, 3.63) is 48.6 Å². The third-order valence-corrected chi connectivity index (χ3v) is 5.32. The van der Waals surface area contributed by atoms with Crippen LogP contribution in [0.25, 0.3) is 0 Å². The molecule has 1 aromatic carbocycles. The second kappa shape index (κ2) is 7.53. The van der Waals surface area contributed by atoms with Gasteiger partial charge in [0, 0.05) is 13.0 Å². The number of carbonyl (C=O) groups excluding carboxylic acids is 2. The number of ether oxygens (including phenoxy) is 1. The van der Waals surface area contributed by atoms with Gasteiger partial charge >= 0.3 is 11.9 Å². The van der Waals surface area contributed by atoms with Crippen LogP contribution >= 0.6 is 11.8 Å². The molecular weight excluding hydrogens is 330 g/mol. The molecule has 2 rings (SSSR count). The Morgan fingerprint density at radius 1 is 1.46 bits per heavy atom. The van der Waals surface area contributed by atoms with Gasteiger partial charge < -0.3 is 14.7 Å². The SMILES string of the molecule is C=CCOC(=O)C(SC(C)(C(=O)O)N1CCC1=O)c1ccccc1. The Hall–Kier alpha value is -2.28. The molecule has 2 atom stereocenters. The van der Waals surface area contributed by atoms with Gasteiger partial charge in [-0.1, -0.05) is 43.0 Å². The standard InChI is InChI=1S/C17H19NO5S/c1-3-11-23-15(20)14(12-7-5-4-6-8-12)24-17(2,16(21)22)18-10-9-13(18)19/h3-8,14H,1,9-11H2,2H3,(H,21,22). The quantitative estimate of drug-likeness (QED) is 0.440. The maximum Gasteiger partial charge on any atom is 0.340 e. The number of carboxylic acids is 1. The van der Waals surface area contributed by atoms with E-state index in [1.54, 1.807) is 30.3 Å². The highest BCUT2D eigenvalue weighted by Gasteiger charge is 2.49. The van der Waals surface area contributed by atoms with Crippen molar-refractivity contribution in [3.8, 4) is 0 Å². The van der Waals surface area contributed by atoms with Crippen molar-refractivity contribution in [3.63, 3.8) is 0 Å². The summed E-state index contributed by atoms with van der Waals surface area (Å²) >= 11 is 0.896. The van der Waals surface area contributed by atoms with Crippen molar-refractivity contribution in [2.24, 2.45) is 0 Å². The Kier molecular flexibility index (Phi) is 5.66. The Morgan fingerprint density at radius 2 is 2.12 bits per heavy atom. The Labute approximate surface area is 144 Å². The summed E-state index contributed by atoms with van der Waals surface area (Å²) in [5.41, 5.74) is 0.622. The first kappa shape index (κ1) is 18.1. The predicted molar refractivity (Wildman–Crippen MR) is 90.3 cm³/mol. The maximum absolute atomic E-state index is 12.4. The molecule has 0 spiro atoms.